The highest BCUT2D eigenvalue weighted by Crippen LogP contribution is 2.25. The van der Waals surface area contributed by atoms with Gasteiger partial charge in [0.1, 0.15) is 0 Å². The average molecular weight is 374 g/mol. The summed E-state index contributed by atoms with van der Waals surface area (Å²) in [7, 11) is 0. The predicted molar refractivity (Wildman–Crippen MR) is 103 cm³/mol. The molecule has 1 atom stereocenters. The Bertz CT molecular complexity index is 730. The molecule has 27 heavy (non-hydrogen) atoms. The van der Waals surface area contributed by atoms with Crippen LogP contribution in [0.1, 0.15) is 19.4 Å². The molecule has 146 valence electrons. The number of hydrogen-bond donors (Lipinski definition) is 4. The van der Waals surface area contributed by atoms with Gasteiger partial charge in [0.05, 0.1) is 31.9 Å². The Labute approximate surface area is 159 Å². The molecule has 1 aromatic carbocycles. The zero-order valence-corrected chi connectivity index (χ0v) is 16.1. The lowest BCUT2D eigenvalue weighted by molar-refractivity contribution is -0.895. The highest BCUT2D eigenvalue weighted by molar-refractivity contribution is 6.28. The number of hydrazine groups is 1. The molecule has 0 spiro atoms. The number of anilines is 1. The van der Waals surface area contributed by atoms with E-state index in [0.29, 0.717) is 12.2 Å². The molecule has 0 saturated carbocycles. The fourth-order valence-electron chi connectivity index (χ4n) is 3.02. The second kappa shape index (κ2) is 9.29. The van der Waals surface area contributed by atoms with Crippen LogP contribution in [-0.4, -0.2) is 44.0 Å². The van der Waals surface area contributed by atoms with Crippen LogP contribution in [0.4, 0.5) is 10.5 Å². The third-order valence-corrected chi connectivity index (χ3v) is 4.72. The summed E-state index contributed by atoms with van der Waals surface area (Å²) in [6.07, 6.45) is 0. The third kappa shape index (κ3) is 4.72. The Hall–Kier alpha value is -2.71. The maximum Gasteiger partial charge on any atom is 0.335 e. The van der Waals surface area contributed by atoms with Crippen LogP contribution in [0.5, 0.6) is 0 Å². The lowest BCUT2D eigenvalue weighted by Gasteiger charge is -2.32. The zero-order valence-electron chi connectivity index (χ0n) is 16.1. The molecule has 1 aromatic rings. The Morgan fingerprint density at radius 1 is 1.22 bits per heavy atom. The van der Waals surface area contributed by atoms with E-state index in [-0.39, 0.29) is 5.70 Å². The molecule has 1 heterocycles. The van der Waals surface area contributed by atoms with Gasteiger partial charge >= 0.3 is 6.03 Å². The van der Waals surface area contributed by atoms with E-state index >= 15 is 0 Å². The fourth-order valence-corrected chi connectivity index (χ4v) is 3.02. The summed E-state index contributed by atoms with van der Waals surface area (Å²) in [4.78, 5) is 39.8. The van der Waals surface area contributed by atoms with Gasteiger partial charge in [-0.3, -0.25) is 14.9 Å². The van der Waals surface area contributed by atoms with Gasteiger partial charge in [0.25, 0.3) is 5.91 Å². The number of aryl methyl sites for hydroxylation is 1. The summed E-state index contributed by atoms with van der Waals surface area (Å²) in [6.45, 7) is 13.4. The van der Waals surface area contributed by atoms with Crippen LogP contribution in [0, 0.1) is 12.8 Å². The van der Waals surface area contributed by atoms with Crippen molar-refractivity contribution in [2.24, 2.45) is 5.92 Å². The smallest absolute Gasteiger partial charge is 0.334 e. The highest BCUT2D eigenvalue weighted by atomic mass is 16.2. The zero-order chi connectivity index (χ0) is 20.0. The number of rotatable bonds is 9. The molecule has 0 aromatic heterocycles. The minimum atomic E-state index is -1.18. The van der Waals surface area contributed by atoms with Gasteiger partial charge in [-0.05, 0) is 32.4 Å². The van der Waals surface area contributed by atoms with E-state index in [1.54, 1.807) is 25.1 Å². The van der Waals surface area contributed by atoms with Crippen molar-refractivity contribution in [2.75, 3.05) is 31.1 Å². The van der Waals surface area contributed by atoms with Crippen molar-refractivity contribution in [3.63, 3.8) is 0 Å². The SMILES string of the molecule is C=C(NNCC[NH+](CC)CC)[C@@H]1C(=O)NC(=O)N(c2ccccc2C)C1=O. The molecule has 4 N–H and O–H groups in total. The van der Waals surface area contributed by atoms with Crippen molar-refractivity contribution in [3.8, 4) is 0 Å². The molecule has 0 unspecified atom stereocenters. The van der Waals surface area contributed by atoms with Crippen LogP contribution >= 0.6 is 0 Å². The second-order valence-corrected chi connectivity index (χ2v) is 6.47. The van der Waals surface area contributed by atoms with E-state index in [0.717, 1.165) is 30.1 Å². The van der Waals surface area contributed by atoms with E-state index in [2.05, 4.69) is 36.6 Å². The summed E-state index contributed by atoms with van der Waals surface area (Å²) in [6, 6.07) is 6.27. The standard InChI is InChI=1S/C19H27N5O3/c1-5-23(6-2)12-11-20-22-14(4)16-17(25)21-19(27)24(18(16)26)15-10-8-7-9-13(15)3/h7-10,16,20,22H,4-6,11-12H2,1-3H3,(H,21,25,27)/p+1/t16-/m1/s1. The van der Waals surface area contributed by atoms with Gasteiger partial charge in [0.2, 0.25) is 5.91 Å². The van der Waals surface area contributed by atoms with Crippen molar-refractivity contribution < 1.29 is 19.3 Å². The second-order valence-electron chi connectivity index (χ2n) is 6.47. The molecule has 1 aliphatic rings. The molecular formula is C19H28N5O3+. The van der Waals surface area contributed by atoms with Gasteiger partial charge in [-0.2, -0.15) is 0 Å². The van der Waals surface area contributed by atoms with E-state index in [4.69, 9.17) is 0 Å². The average Bonchev–Trinajstić information content (AvgIpc) is 2.63. The number of para-hydroxylation sites is 1. The van der Waals surface area contributed by atoms with Gasteiger partial charge < -0.3 is 10.3 Å². The topological polar surface area (TPSA) is 95.0 Å². The number of likely N-dealkylation sites (N-methyl/N-ethyl adjacent to an activating group) is 1. The van der Waals surface area contributed by atoms with Gasteiger partial charge in [-0.25, -0.2) is 15.1 Å². The Morgan fingerprint density at radius 2 is 1.89 bits per heavy atom. The minimum absolute atomic E-state index is 0.207. The molecule has 8 nitrogen and oxygen atoms in total. The van der Waals surface area contributed by atoms with E-state index in [9.17, 15) is 14.4 Å². The molecule has 0 bridgehead atoms. The Kier molecular flexibility index (Phi) is 7.09. The molecule has 0 aliphatic carbocycles. The summed E-state index contributed by atoms with van der Waals surface area (Å²) >= 11 is 0. The van der Waals surface area contributed by atoms with Gasteiger partial charge in [-0.15, -0.1) is 0 Å². The first-order valence-corrected chi connectivity index (χ1v) is 9.16. The van der Waals surface area contributed by atoms with Crippen molar-refractivity contribution in [1.29, 1.82) is 0 Å². The molecule has 4 amide bonds. The number of barbiturate groups is 1. The van der Waals surface area contributed by atoms with E-state index in [1.165, 1.54) is 4.90 Å². The van der Waals surface area contributed by atoms with Crippen LogP contribution in [0.25, 0.3) is 0 Å². The first-order valence-electron chi connectivity index (χ1n) is 9.16. The predicted octanol–water partition coefficient (Wildman–Crippen LogP) is -0.273. The quantitative estimate of drug-likeness (QED) is 0.271. The summed E-state index contributed by atoms with van der Waals surface area (Å²) in [5.74, 6) is -2.48. The molecule has 2 rings (SSSR count). The number of urea groups is 1. The lowest BCUT2D eigenvalue weighted by Crippen LogP contribution is -3.12. The van der Waals surface area contributed by atoms with Crippen LogP contribution in [0.2, 0.25) is 0 Å². The van der Waals surface area contributed by atoms with Crippen LogP contribution in [-0.2, 0) is 9.59 Å². The largest absolute Gasteiger partial charge is 0.335 e. The molecular weight excluding hydrogens is 346 g/mol. The van der Waals surface area contributed by atoms with Crippen LogP contribution < -0.4 is 26.0 Å². The summed E-state index contributed by atoms with van der Waals surface area (Å²) in [5, 5.41) is 2.24. The maximum absolute atomic E-state index is 12.9. The number of nitrogens with zero attached hydrogens (tertiary/aromatic N) is 1. The van der Waals surface area contributed by atoms with Crippen molar-refractivity contribution >= 4 is 23.5 Å². The number of carbonyl (C=O) groups excluding carboxylic acids is 3. The Balaban J connectivity index is 2.06. The normalized spacial score (nSPS) is 17.3. The molecule has 1 fully saturated rings. The number of amides is 4. The van der Waals surface area contributed by atoms with Crippen LogP contribution in [0.15, 0.2) is 36.5 Å². The third-order valence-electron chi connectivity index (χ3n) is 4.72. The number of hydrogen-bond acceptors (Lipinski definition) is 5. The van der Waals surface area contributed by atoms with E-state index < -0.39 is 23.8 Å². The molecule has 1 aliphatic heterocycles. The number of nitrogens with one attached hydrogen (secondary N) is 4. The summed E-state index contributed by atoms with van der Waals surface area (Å²) < 4.78 is 0. The van der Waals surface area contributed by atoms with Crippen LogP contribution in [0.3, 0.4) is 0 Å². The van der Waals surface area contributed by atoms with Crippen molar-refractivity contribution in [2.45, 2.75) is 20.8 Å². The van der Waals surface area contributed by atoms with E-state index in [1.807, 2.05) is 6.07 Å². The van der Waals surface area contributed by atoms with Crippen molar-refractivity contribution in [1.82, 2.24) is 16.2 Å². The molecule has 0 radical (unpaired) electrons. The van der Waals surface area contributed by atoms with Gasteiger partial charge in [-0.1, -0.05) is 24.8 Å². The number of benzene rings is 1. The monoisotopic (exact) mass is 374 g/mol. The van der Waals surface area contributed by atoms with Crippen molar-refractivity contribution in [3.05, 3.63) is 42.1 Å². The number of quaternary nitrogens is 1. The number of imide groups is 2. The van der Waals surface area contributed by atoms with Gasteiger partial charge in [0.15, 0.2) is 5.92 Å². The highest BCUT2D eigenvalue weighted by Gasteiger charge is 2.43. The Morgan fingerprint density at radius 3 is 2.52 bits per heavy atom. The maximum atomic E-state index is 12.9. The molecule has 8 heteroatoms. The van der Waals surface area contributed by atoms with Gasteiger partial charge in [0, 0.05) is 5.70 Å². The fraction of sp³-hybridized carbons (Fsp3) is 0.421. The first kappa shape index (κ1) is 20.6. The summed E-state index contributed by atoms with van der Waals surface area (Å²) in [5.41, 5.74) is 7.25. The molecule has 1 saturated heterocycles. The lowest BCUT2D eigenvalue weighted by atomic mass is 10.0. The minimum Gasteiger partial charge on any atom is -0.334 e. The first-order chi connectivity index (χ1) is 12.9. The number of carbonyl (C=O) groups is 3.